The van der Waals surface area contributed by atoms with E-state index in [0.717, 1.165) is 13.9 Å². The first kappa shape index (κ1) is 14.4. The molecule has 0 saturated carbocycles. The number of hydrogen-bond acceptors (Lipinski definition) is 4. The molecule has 1 unspecified atom stereocenters. The van der Waals surface area contributed by atoms with Crippen LogP contribution in [-0.4, -0.2) is 12.5 Å². The van der Waals surface area contributed by atoms with Crippen LogP contribution in [0.3, 0.4) is 0 Å². The van der Waals surface area contributed by atoms with E-state index in [-0.39, 0.29) is 6.04 Å². The molecule has 2 aromatic rings. The zero-order valence-corrected chi connectivity index (χ0v) is 14.9. The molecule has 2 heterocycles. The monoisotopic (exact) mass is 433 g/mol. The summed E-state index contributed by atoms with van der Waals surface area (Å²) in [7, 11) is 0. The highest BCUT2D eigenvalue weighted by Gasteiger charge is 2.30. The predicted octanol–water partition coefficient (Wildman–Crippen LogP) is 4.80. The molecule has 0 spiro atoms. The number of anilines is 1. The highest BCUT2D eigenvalue weighted by Crippen LogP contribution is 2.40. The second-order valence-corrected chi connectivity index (χ2v) is 8.02. The number of guanidine groups is 1. The van der Waals surface area contributed by atoms with Crippen molar-refractivity contribution in [3.05, 3.63) is 48.5 Å². The number of rotatable bonds is 2. The Hall–Kier alpha value is -0.560. The van der Waals surface area contributed by atoms with Gasteiger partial charge in [0, 0.05) is 20.1 Å². The van der Waals surface area contributed by atoms with Crippen molar-refractivity contribution in [2.45, 2.75) is 6.04 Å². The molecule has 7 heteroatoms. The Kier molecular flexibility index (Phi) is 4.08. The number of thiophene rings is 1. The Morgan fingerprint density at radius 3 is 2.60 bits per heavy atom. The molecule has 0 aliphatic carbocycles. The van der Waals surface area contributed by atoms with Crippen LogP contribution >= 0.6 is 54.8 Å². The normalized spacial score (nSPS) is 18.4. The topological polar surface area (TPSA) is 41.6 Å². The van der Waals surface area contributed by atoms with Crippen LogP contribution in [0.1, 0.15) is 10.9 Å². The minimum absolute atomic E-state index is 0.128. The van der Waals surface area contributed by atoms with Crippen LogP contribution in [0.25, 0.3) is 0 Å². The van der Waals surface area contributed by atoms with Crippen LogP contribution in [-0.2, 0) is 0 Å². The first-order chi connectivity index (χ1) is 9.56. The molecule has 1 atom stereocenters. The van der Waals surface area contributed by atoms with E-state index in [2.05, 4.69) is 42.9 Å². The summed E-state index contributed by atoms with van der Waals surface area (Å²) >= 11 is 14.7. The second kappa shape index (κ2) is 5.67. The van der Waals surface area contributed by atoms with Crippen LogP contribution in [0.4, 0.5) is 5.69 Å². The number of halogens is 3. The van der Waals surface area contributed by atoms with Crippen molar-refractivity contribution in [3.63, 3.8) is 0 Å². The average molecular weight is 436 g/mol. The Bertz CT molecular complexity index is 649. The lowest BCUT2D eigenvalue weighted by atomic mass is 10.2. The molecule has 0 amide bonds. The number of benzene rings is 1. The quantitative estimate of drug-likeness (QED) is 0.736. The maximum absolute atomic E-state index is 6.05. The van der Waals surface area contributed by atoms with Gasteiger partial charge >= 0.3 is 0 Å². The Morgan fingerprint density at radius 1 is 1.30 bits per heavy atom. The van der Waals surface area contributed by atoms with Crippen LogP contribution in [0.15, 0.2) is 43.6 Å². The van der Waals surface area contributed by atoms with Gasteiger partial charge in [-0.1, -0.05) is 11.6 Å². The summed E-state index contributed by atoms with van der Waals surface area (Å²) in [6.07, 6.45) is 0. The fourth-order valence-electron chi connectivity index (χ4n) is 2.16. The summed E-state index contributed by atoms with van der Waals surface area (Å²) in [6.45, 7) is 0.661. The number of aliphatic imine (C=N–C) groups is 1. The third-order valence-corrected chi connectivity index (χ3v) is 6.69. The van der Waals surface area contributed by atoms with E-state index in [1.807, 2.05) is 29.2 Å². The van der Waals surface area contributed by atoms with Crippen molar-refractivity contribution in [1.29, 1.82) is 0 Å². The first-order valence-corrected chi connectivity index (χ1v) is 8.64. The van der Waals surface area contributed by atoms with Gasteiger partial charge in [0.25, 0.3) is 0 Å². The maximum Gasteiger partial charge on any atom is 0.196 e. The zero-order valence-electron chi connectivity index (χ0n) is 10.2. The Balaban J connectivity index is 1.98. The molecule has 0 radical (unpaired) electrons. The first-order valence-electron chi connectivity index (χ1n) is 5.85. The highest BCUT2D eigenvalue weighted by atomic mass is 79.9. The number of nitrogens with two attached hydrogens (primary N) is 1. The lowest BCUT2D eigenvalue weighted by molar-refractivity contribution is 0.784. The van der Waals surface area contributed by atoms with Gasteiger partial charge in [0.05, 0.1) is 16.4 Å². The Morgan fingerprint density at radius 2 is 2.00 bits per heavy atom. The van der Waals surface area contributed by atoms with Gasteiger partial charge in [-0.15, -0.1) is 11.3 Å². The lowest BCUT2D eigenvalue weighted by Gasteiger charge is -2.25. The standard InChI is InChI=1S/C13H10Br2ClN3S/c14-9-5-11(20-12(9)15)10-6-18-13(17)19(10)8-3-1-7(16)2-4-8/h1-5,10H,6H2,(H2,17,18). The molecular weight excluding hydrogens is 425 g/mol. The minimum atomic E-state index is 0.128. The molecule has 0 fully saturated rings. The molecule has 1 aliphatic heterocycles. The van der Waals surface area contributed by atoms with Gasteiger partial charge in [-0.2, -0.15) is 0 Å². The van der Waals surface area contributed by atoms with E-state index >= 15 is 0 Å². The molecule has 2 N–H and O–H groups in total. The van der Waals surface area contributed by atoms with Gasteiger partial charge < -0.3 is 10.6 Å². The third-order valence-electron chi connectivity index (χ3n) is 3.08. The summed E-state index contributed by atoms with van der Waals surface area (Å²) in [5.41, 5.74) is 7.04. The predicted molar refractivity (Wildman–Crippen MR) is 92.9 cm³/mol. The highest BCUT2D eigenvalue weighted by molar-refractivity contribution is 9.13. The van der Waals surface area contributed by atoms with Gasteiger partial charge in [0.15, 0.2) is 5.96 Å². The molecule has 0 saturated heterocycles. The molecule has 1 aromatic carbocycles. The van der Waals surface area contributed by atoms with Crippen LogP contribution < -0.4 is 10.6 Å². The van der Waals surface area contributed by atoms with E-state index in [1.165, 1.54) is 4.88 Å². The van der Waals surface area contributed by atoms with E-state index in [1.54, 1.807) is 11.3 Å². The lowest BCUT2D eigenvalue weighted by Crippen LogP contribution is -2.35. The number of nitrogens with zero attached hydrogens (tertiary/aromatic N) is 2. The second-order valence-electron chi connectivity index (χ2n) is 4.33. The molecule has 20 heavy (non-hydrogen) atoms. The van der Waals surface area contributed by atoms with Gasteiger partial charge in [-0.05, 0) is 62.2 Å². The smallest absolute Gasteiger partial charge is 0.196 e. The molecular formula is C13H10Br2ClN3S. The van der Waals surface area contributed by atoms with Crippen LogP contribution in [0, 0.1) is 0 Å². The summed E-state index contributed by atoms with van der Waals surface area (Å²) in [4.78, 5) is 7.63. The van der Waals surface area contributed by atoms with E-state index in [0.29, 0.717) is 17.5 Å². The van der Waals surface area contributed by atoms with Crippen molar-refractivity contribution in [2.24, 2.45) is 10.7 Å². The molecule has 104 valence electrons. The Labute approximate surface area is 142 Å². The van der Waals surface area contributed by atoms with Crippen molar-refractivity contribution in [2.75, 3.05) is 11.4 Å². The van der Waals surface area contributed by atoms with Crippen LogP contribution in [0.2, 0.25) is 5.02 Å². The molecule has 3 nitrogen and oxygen atoms in total. The average Bonchev–Trinajstić information content (AvgIpc) is 2.95. The summed E-state index contributed by atoms with van der Waals surface area (Å²) in [5, 5.41) is 0.710. The van der Waals surface area contributed by atoms with E-state index < -0.39 is 0 Å². The summed E-state index contributed by atoms with van der Waals surface area (Å²) in [5.74, 6) is 0.540. The summed E-state index contributed by atoms with van der Waals surface area (Å²) < 4.78 is 2.13. The fraction of sp³-hybridized carbons (Fsp3) is 0.154. The van der Waals surface area contributed by atoms with E-state index in [4.69, 9.17) is 17.3 Å². The SMILES string of the molecule is NC1=NCC(c2cc(Br)c(Br)s2)N1c1ccc(Cl)cc1. The minimum Gasteiger partial charge on any atom is -0.369 e. The number of hydrogen-bond donors (Lipinski definition) is 1. The fourth-order valence-corrected chi connectivity index (χ4v) is 4.45. The van der Waals surface area contributed by atoms with Crippen molar-refractivity contribution in [3.8, 4) is 0 Å². The summed E-state index contributed by atoms with van der Waals surface area (Å²) in [6, 6.07) is 9.88. The molecule has 1 aliphatic rings. The van der Waals surface area contributed by atoms with Gasteiger partial charge in [0.1, 0.15) is 0 Å². The van der Waals surface area contributed by atoms with Gasteiger partial charge in [-0.25, -0.2) is 0 Å². The maximum atomic E-state index is 6.05. The third kappa shape index (κ3) is 2.62. The van der Waals surface area contributed by atoms with E-state index in [9.17, 15) is 0 Å². The molecule has 0 bridgehead atoms. The van der Waals surface area contributed by atoms with Crippen LogP contribution in [0.5, 0.6) is 0 Å². The largest absolute Gasteiger partial charge is 0.369 e. The van der Waals surface area contributed by atoms with Crippen molar-refractivity contribution < 1.29 is 0 Å². The van der Waals surface area contributed by atoms with Crippen molar-refractivity contribution >= 4 is 66.4 Å². The zero-order chi connectivity index (χ0) is 14.3. The van der Waals surface area contributed by atoms with Gasteiger partial charge in [-0.3, -0.25) is 4.99 Å². The van der Waals surface area contributed by atoms with Crippen molar-refractivity contribution in [1.82, 2.24) is 0 Å². The molecule has 1 aromatic heterocycles. The molecule has 3 rings (SSSR count). The van der Waals surface area contributed by atoms with Gasteiger partial charge in [0.2, 0.25) is 0 Å².